The first kappa shape index (κ1) is 99.3. The summed E-state index contributed by atoms with van der Waals surface area (Å²) >= 11 is 3.72. The fourth-order valence-electron chi connectivity index (χ4n) is 17.7. The summed E-state index contributed by atoms with van der Waals surface area (Å²) in [5.74, 6) is 1.70. The van der Waals surface area contributed by atoms with Crippen molar-refractivity contribution in [1.82, 2.24) is 14.8 Å². The van der Waals surface area contributed by atoms with Crippen molar-refractivity contribution in [2.75, 3.05) is 0 Å². The van der Waals surface area contributed by atoms with Crippen LogP contribution in [0, 0.1) is 145 Å². The topological polar surface area (TPSA) is 30.7 Å². The number of para-hydroxylation sites is 1. The molecule has 3 nitrogen and oxygen atoms in total. The molecule has 20 aromatic rings. The lowest BCUT2D eigenvalue weighted by Gasteiger charge is -2.11. The molecule has 0 unspecified atom stereocenters. The Kier molecular flexibility index (Phi) is 33.6. The zero-order valence-electron chi connectivity index (χ0n) is 84.3. The molecule has 0 bridgehead atoms. The molecular weight excluding hydrogens is 1700 g/mol. The van der Waals surface area contributed by atoms with Crippen LogP contribution in [0.3, 0.4) is 0 Å². The molecule has 0 spiro atoms. The van der Waals surface area contributed by atoms with E-state index in [-0.39, 0.29) is 0 Å². The van der Waals surface area contributed by atoms with Crippen molar-refractivity contribution in [3.8, 4) is 137 Å². The zero-order valence-corrected chi connectivity index (χ0v) is 85.9. The molecule has 20 rings (SSSR count). The molecule has 0 aliphatic carbocycles. The van der Waals surface area contributed by atoms with E-state index in [1.807, 2.05) is 40.9 Å². The third kappa shape index (κ3) is 28.0. The molecule has 0 N–H and O–H groups in total. The molecule has 3 heterocycles. The number of aryl methyl sites for hydroxylation is 21. The standard InChI is InChI=1S/C22H19N3.2C21H20.2C19H18S.C16H18.C15H16/c1-16-8-12-18(13-9-16)21-23-24-22(19-14-10-17(2)11-15-19)25(21)20-6-4-3-5-7-20;1-15-6-4-7-18(11-15)19-8-5-9-20(14-19)21-12-16(2)10-17(3)13-21;1-15-5-4-6-20(12-15)18-7-9-19(10-8-18)21-13-16(2)11-17(3)14-21;2*1-13-4-6-16(7-5-13)18-8-9-19(20-18)17-11-14(2)10-15(3)12-17;1-11-5-12(2)8-15(7-11)16-9-13(3)6-14(4)10-16;1-11-4-6-14(7-5-11)15-9-12(2)8-13(3)10-15/h3-15H,1-2H3;2*4-14H,1-3H3;2*4-12H,1-3H3;5-10H,1-4H3;4-10H,1-3H3. The summed E-state index contributed by atoms with van der Waals surface area (Å²) in [7, 11) is 0. The average Bonchev–Trinajstić information content (AvgIpc) is 1.63. The molecule has 138 heavy (non-hydrogen) atoms. The van der Waals surface area contributed by atoms with Crippen LogP contribution in [0.25, 0.3) is 137 Å². The highest BCUT2D eigenvalue weighted by molar-refractivity contribution is 7.19. The second-order valence-corrected chi connectivity index (χ2v) is 39.9. The predicted octanol–water partition coefficient (Wildman–Crippen LogP) is 38.0. The maximum atomic E-state index is 4.50. The Morgan fingerprint density at radius 3 is 0.609 bits per heavy atom. The smallest absolute Gasteiger partial charge is 0.168 e. The van der Waals surface area contributed by atoms with Gasteiger partial charge in [0.25, 0.3) is 0 Å². The maximum Gasteiger partial charge on any atom is 0.168 e. The van der Waals surface area contributed by atoms with Crippen LogP contribution in [-0.2, 0) is 0 Å². The van der Waals surface area contributed by atoms with E-state index in [2.05, 4.69) is 542 Å². The Morgan fingerprint density at radius 1 is 0.130 bits per heavy atom. The monoisotopic (exact) mass is 1830 g/mol. The summed E-state index contributed by atoms with van der Waals surface area (Å²) < 4.78 is 2.12. The normalized spacial score (nSPS) is 10.6. The summed E-state index contributed by atoms with van der Waals surface area (Å²) in [5.41, 5.74) is 51.4. The van der Waals surface area contributed by atoms with Crippen LogP contribution in [0.15, 0.2) is 400 Å². The molecule has 0 saturated heterocycles. The summed E-state index contributed by atoms with van der Waals surface area (Å²) in [6, 6.07) is 144. The first-order valence-corrected chi connectivity index (χ1v) is 49.5. The van der Waals surface area contributed by atoms with Gasteiger partial charge in [-0.1, -0.05) is 475 Å². The van der Waals surface area contributed by atoms with Crippen molar-refractivity contribution in [2.45, 2.75) is 145 Å². The Bertz CT molecular complexity index is 7100. The van der Waals surface area contributed by atoms with Gasteiger partial charge in [0, 0.05) is 36.3 Å². The summed E-state index contributed by atoms with van der Waals surface area (Å²) in [4.78, 5) is 5.35. The predicted molar refractivity (Wildman–Crippen MR) is 600 cm³/mol. The molecular formula is C133H129N3S2. The van der Waals surface area contributed by atoms with Gasteiger partial charge in [0.15, 0.2) is 11.6 Å². The van der Waals surface area contributed by atoms with Crippen molar-refractivity contribution < 1.29 is 0 Å². The lowest BCUT2D eigenvalue weighted by molar-refractivity contribution is 1.07. The van der Waals surface area contributed by atoms with Gasteiger partial charge in [-0.05, 0) is 277 Å². The Labute approximate surface area is 830 Å². The van der Waals surface area contributed by atoms with Crippen LogP contribution >= 0.6 is 22.7 Å². The van der Waals surface area contributed by atoms with Crippen LogP contribution < -0.4 is 0 Å². The van der Waals surface area contributed by atoms with Crippen molar-refractivity contribution in [2.24, 2.45) is 0 Å². The number of hydrogen-bond donors (Lipinski definition) is 0. The van der Waals surface area contributed by atoms with Crippen molar-refractivity contribution in [1.29, 1.82) is 0 Å². The van der Waals surface area contributed by atoms with Gasteiger partial charge < -0.3 is 0 Å². The van der Waals surface area contributed by atoms with Crippen LogP contribution in [0.1, 0.15) is 117 Å². The van der Waals surface area contributed by atoms with E-state index in [0.29, 0.717) is 0 Å². The van der Waals surface area contributed by atoms with E-state index in [1.165, 1.54) is 225 Å². The lowest BCUT2D eigenvalue weighted by Crippen LogP contribution is -2.00. The molecule has 3 aromatic heterocycles. The fraction of sp³-hybridized carbons (Fsp3) is 0.158. The number of thiophene rings is 2. The van der Waals surface area contributed by atoms with Gasteiger partial charge in [-0.15, -0.1) is 32.9 Å². The second-order valence-electron chi connectivity index (χ2n) is 37.7. The summed E-state index contributed by atoms with van der Waals surface area (Å²) in [6.45, 7) is 44.9. The van der Waals surface area contributed by atoms with E-state index in [4.69, 9.17) is 0 Å². The van der Waals surface area contributed by atoms with E-state index >= 15 is 0 Å². The number of hydrogen-bond acceptors (Lipinski definition) is 4. The minimum absolute atomic E-state index is 0.849. The fourth-order valence-corrected chi connectivity index (χ4v) is 19.7. The summed E-state index contributed by atoms with van der Waals surface area (Å²) in [5, 5.41) is 9.01. The van der Waals surface area contributed by atoms with Crippen molar-refractivity contribution in [3.63, 3.8) is 0 Å². The molecule has 0 saturated carbocycles. The summed E-state index contributed by atoms with van der Waals surface area (Å²) in [6.07, 6.45) is 0. The first-order valence-electron chi connectivity index (χ1n) is 47.9. The molecule has 0 amide bonds. The highest BCUT2D eigenvalue weighted by Crippen LogP contribution is 2.40. The van der Waals surface area contributed by atoms with E-state index in [9.17, 15) is 0 Å². The third-order valence-electron chi connectivity index (χ3n) is 24.1. The van der Waals surface area contributed by atoms with Gasteiger partial charge >= 0.3 is 0 Å². The van der Waals surface area contributed by atoms with Crippen LogP contribution in [0.2, 0.25) is 0 Å². The minimum atomic E-state index is 0.849. The number of rotatable bonds is 13. The quantitative estimate of drug-likeness (QED) is 0.115. The van der Waals surface area contributed by atoms with E-state index < -0.39 is 0 Å². The molecule has 0 atom stereocenters. The van der Waals surface area contributed by atoms with Crippen LogP contribution in [-0.4, -0.2) is 14.8 Å². The molecule has 0 aliphatic rings. The number of nitrogens with zero attached hydrogens (tertiary/aromatic N) is 3. The average molecular weight is 1830 g/mol. The Hall–Kier alpha value is -14.7. The SMILES string of the molecule is Cc1cc(C)cc(-c2cc(C)cc(C)c2)c1.Cc1ccc(-c2cc(C)cc(C)c2)cc1.Cc1ccc(-c2ccc(-c3cc(C)cc(C)c3)s2)cc1.Cc1ccc(-c2ccc(-c3cc(C)cc(C)c3)s2)cc1.Cc1ccc(-c2nnc(-c3ccc(C)cc3)n2-c2ccccc2)cc1.Cc1cccc(-c2ccc(-c3cc(C)cc(C)c3)cc2)c1.Cc1cccc(-c2cccc(-c3cc(C)cc(C)c3)c2)c1. The molecule has 0 aliphatic heterocycles. The maximum absolute atomic E-state index is 4.50. The minimum Gasteiger partial charge on any atom is -0.275 e. The molecule has 0 radical (unpaired) electrons. The van der Waals surface area contributed by atoms with Crippen LogP contribution in [0.5, 0.6) is 0 Å². The van der Waals surface area contributed by atoms with Gasteiger partial charge in [-0.2, -0.15) is 0 Å². The van der Waals surface area contributed by atoms with Crippen molar-refractivity contribution >= 4 is 22.7 Å². The molecule has 688 valence electrons. The zero-order chi connectivity index (χ0) is 97.6. The largest absolute Gasteiger partial charge is 0.275 e. The van der Waals surface area contributed by atoms with Gasteiger partial charge in [0.2, 0.25) is 0 Å². The van der Waals surface area contributed by atoms with Gasteiger partial charge in [-0.25, -0.2) is 0 Å². The molecule has 0 fully saturated rings. The Morgan fingerprint density at radius 2 is 0.326 bits per heavy atom. The second kappa shape index (κ2) is 46.7. The van der Waals surface area contributed by atoms with Crippen molar-refractivity contribution in [3.05, 3.63) is 517 Å². The van der Waals surface area contributed by atoms with Crippen LogP contribution in [0.4, 0.5) is 0 Å². The highest BCUT2D eigenvalue weighted by Gasteiger charge is 2.19. The lowest BCUT2D eigenvalue weighted by atomic mass is 9.96. The Balaban J connectivity index is 0.000000129. The molecule has 5 heteroatoms. The van der Waals surface area contributed by atoms with Gasteiger partial charge in [0.05, 0.1) is 0 Å². The first-order chi connectivity index (χ1) is 66.4. The highest BCUT2D eigenvalue weighted by atomic mass is 32.1. The number of benzene rings is 17. The third-order valence-corrected chi connectivity index (χ3v) is 26.5. The molecule has 17 aromatic carbocycles. The van der Waals surface area contributed by atoms with Gasteiger partial charge in [-0.3, -0.25) is 4.57 Å². The van der Waals surface area contributed by atoms with E-state index in [0.717, 1.165) is 28.5 Å². The van der Waals surface area contributed by atoms with Gasteiger partial charge in [0.1, 0.15) is 0 Å². The van der Waals surface area contributed by atoms with E-state index in [1.54, 1.807) is 0 Å². The number of aromatic nitrogens is 3.